The number of β-amino-alcohol motifs (C(OH)–C–C–N with tert-alkyl or cyclic N) is 1. The van der Waals surface area contributed by atoms with Gasteiger partial charge in [-0.2, -0.15) is 0 Å². The van der Waals surface area contributed by atoms with Gasteiger partial charge in [0.2, 0.25) is 0 Å². The number of hydrogen-bond acceptors (Lipinski definition) is 5. The number of pyridine rings is 1. The molecule has 0 radical (unpaired) electrons. The van der Waals surface area contributed by atoms with Crippen molar-refractivity contribution in [1.82, 2.24) is 15.2 Å². The highest BCUT2D eigenvalue weighted by Gasteiger charge is 2.19. The lowest BCUT2D eigenvalue weighted by Crippen LogP contribution is -2.38. The van der Waals surface area contributed by atoms with Crippen LogP contribution in [0, 0.1) is 0 Å². The van der Waals surface area contributed by atoms with E-state index in [4.69, 9.17) is 4.74 Å². The quantitative estimate of drug-likeness (QED) is 0.496. The first-order chi connectivity index (χ1) is 15.3. The molecule has 2 aromatic carbocycles. The molecule has 1 atom stereocenters. The fourth-order valence-corrected chi connectivity index (χ4v) is 4.04. The van der Waals surface area contributed by atoms with Gasteiger partial charge in [-0.3, -0.25) is 9.88 Å². The van der Waals surface area contributed by atoms with E-state index in [9.17, 15) is 5.11 Å². The van der Waals surface area contributed by atoms with Gasteiger partial charge in [0, 0.05) is 44.1 Å². The molecule has 1 aliphatic heterocycles. The lowest BCUT2D eigenvalue weighted by molar-refractivity contribution is 0.0634. The maximum atomic E-state index is 10.6. The molecule has 1 aromatic heterocycles. The number of rotatable bonds is 10. The summed E-state index contributed by atoms with van der Waals surface area (Å²) < 4.78 is 6.00. The zero-order valence-electron chi connectivity index (χ0n) is 17.9. The Balaban J connectivity index is 1.22. The van der Waals surface area contributed by atoms with Crippen LogP contribution in [0.1, 0.15) is 22.3 Å². The zero-order valence-corrected chi connectivity index (χ0v) is 17.9. The summed E-state index contributed by atoms with van der Waals surface area (Å²) >= 11 is 0. The Labute approximate surface area is 184 Å². The maximum absolute atomic E-state index is 10.6. The molecule has 1 unspecified atom stereocenters. The van der Waals surface area contributed by atoms with E-state index in [1.165, 1.54) is 16.7 Å². The molecule has 4 rings (SSSR count). The van der Waals surface area contributed by atoms with Crippen molar-refractivity contribution in [2.75, 3.05) is 26.2 Å². The molecule has 1 aliphatic rings. The van der Waals surface area contributed by atoms with Gasteiger partial charge in [0.05, 0.1) is 0 Å². The summed E-state index contributed by atoms with van der Waals surface area (Å²) in [5, 5.41) is 14.0. The molecule has 0 spiro atoms. The molecule has 0 amide bonds. The van der Waals surface area contributed by atoms with Crippen molar-refractivity contribution in [2.45, 2.75) is 32.0 Å². The normalized spacial score (nSPS) is 14.7. The Hall–Kier alpha value is -2.73. The molecule has 0 saturated carbocycles. The van der Waals surface area contributed by atoms with Gasteiger partial charge in [-0.15, -0.1) is 0 Å². The predicted molar refractivity (Wildman–Crippen MR) is 123 cm³/mol. The summed E-state index contributed by atoms with van der Waals surface area (Å²) in [4.78, 5) is 6.36. The Morgan fingerprint density at radius 3 is 2.65 bits per heavy atom. The van der Waals surface area contributed by atoms with Gasteiger partial charge in [-0.25, -0.2) is 0 Å². The summed E-state index contributed by atoms with van der Waals surface area (Å²) in [6.45, 7) is 4.42. The van der Waals surface area contributed by atoms with Crippen molar-refractivity contribution in [3.8, 4) is 5.75 Å². The number of aliphatic hydroxyl groups is 1. The van der Waals surface area contributed by atoms with E-state index in [1.54, 1.807) is 0 Å². The van der Waals surface area contributed by atoms with E-state index < -0.39 is 6.10 Å². The Morgan fingerprint density at radius 2 is 1.77 bits per heavy atom. The average Bonchev–Trinajstić information content (AvgIpc) is 2.82. The standard InChI is InChI=1S/C26H31N3O2/c30-25(19-29-16-12-22-5-1-2-7-24(22)18-29)20-31-26-8-4-3-6-23(26)17-28-15-11-21-9-13-27-14-10-21/h1-10,13-14,25,28,30H,11-12,15-20H2. The second-order valence-electron chi connectivity index (χ2n) is 8.11. The average molecular weight is 418 g/mol. The summed E-state index contributed by atoms with van der Waals surface area (Å²) in [5.74, 6) is 0.835. The Kier molecular flexibility index (Phi) is 7.66. The van der Waals surface area contributed by atoms with Crippen molar-refractivity contribution >= 4 is 0 Å². The van der Waals surface area contributed by atoms with Gasteiger partial charge >= 0.3 is 0 Å². The van der Waals surface area contributed by atoms with Crippen LogP contribution in [0.4, 0.5) is 0 Å². The molecular weight excluding hydrogens is 386 g/mol. The van der Waals surface area contributed by atoms with Crippen LogP contribution >= 0.6 is 0 Å². The number of nitrogens with zero attached hydrogens (tertiary/aromatic N) is 2. The number of nitrogens with one attached hydrogen (secondary N) is 1. The Bertz CT molecular complexity index is 948. The van der Waals surface area contributed by atoms with E-state index in [2.05, 4.69) is 45.5 Å². The van der Waals surface area contributed by atoms with Crippen LogP contribution < -0.4 is 10.1 Å². The van der Waals surface area contributed by atoms with Crippen LogP contribution in [0.3, 0.4) is 0 Å². The van der Waals surface area contributed by atoms with Gasteiger partial charge in [0.15, 0.2) is 0 Å². The fourth-order valence-electron chi connectivity index (χ4n) is 4.04. The maximum Gasteiger partial charge on any atom is 0.123 e. The molecule has 5 heteroatoms. The molecule has 31 heavy (non-hydrogen) atoms. The first-order valence-corrected chi connectivity index (χ1v) is 11.1. The minimum absolute atomic E-state index is 0.298. The highest BCUT2D eigenvalue weighted by Crippen LogP contribution is 2.20. The third-order valence-corrected chi connectivity index (χ3v) is 5.74. The minimum atomic E-state index is -0.516. The summed E-state index contributed by atoms with van der Waals surface area (Å²) in [6, 6.07) is 20.7. The van der Waals surface area contributed by atoms with Crippen molar-refractivity contribution in [2.24, 2.45) is 0 Å². The van der Waals surface area contributed by atoms with Crippen LogP contribution in [-0.2, 0) is 25.9 Å². The lowest BCUT2D eigenvalue weighted by Gasteiger charge is -2.30. The summed E-state index contributed by atoms with van der Waals surface area (Å²) in [5.41, 5.74) is 5.17. The number of aromatic nitrogens is 1. The van der Waals surface area contributed by atoms with Crippen LogP contribution in [0.5, 0.6) is 5.75 Å². The van der Waals surface area contributed by atoms with Gasteiger partial charge in [0.1, 0.15) is 18.5 Å². The largest absolute Gasteiger partial charge is 0.491 e. The SMILES string of the molecule is OC(COc1ccccc1CNCCc1ccncc1)CN1CCc2ccccc2C1. The zero-order chi connectivity index (χ0) is 21.3. The molecule has 0 fully saturated rings. The number of para-hydroxylation sites is 1. The third-order valence-electron chi connectivity index (χ3n) is 5.74. The van der Waals surface area contributed by atoms with E-state index in [1.807, 2.05) is 42.7 Å². The van der Waals surface area contributed by atoms with Gasteiger partial charge in [-0.05, 0) is 54.3 Å². The molecule has 3 aromatic rings. The number of ether oxygens (including phenoxy) is 1. The molecule has 0 bridgehead atoms. The predicted octanol–water partition coefficient (Wildman–Crippen LogP) is 3.21. The Morgan fingerprint density at radius 1 is 1.00 bits per heavy atom. The fraction of sp³-hybridized carbons (Fsp3) is 0.346. The van der Waals surface area contributed by atoms with Crippen molar-refractivity contribution in [3.05, 3.63) is 95.3 Å². The molecule has 0 aliphatic carbocycles. The molecule has 2 heterocycles. The van der Waals surface area contributed by atoms with E-state index in [-0.39, 0.29) is 0 Å². The van der Waals surface area contributed by atoms with Crippen LogP contribution in [-0.4, -0.2) is 47.3 Å². The first kappa shape index (κ1) is 21.5. The van der Waals surface area contributed by atoms with Crippen LogP contribution in [0.2, 0.25) is 0 Å². The molecular formula is C26H31N3O2. The molecule has 5 nitrogen and oxygen atoms in total. The van der Waals surface area contributed by atoms with E-state index >= 15 is 0 Å². The van der Waals surface area contributed by atoms with Crippen molar-refractivity contribution in [3.63, 3.8) is 0 Å². The molecule has 0 saturated heterocycles. The lowest BCUT2D eigenvalue weighted by atomic mass is 10.00. The number of aliphatic hydroxyl groups excluding tert-OH is 1. The first-order valence-electron chi connectivity index (χ1n) is 11.1. The number of hydrogen-bond donors (Lipinski definition) is 2. The highest BCUT2D eigenvalue weighted by atomic mass is 16.5. The van der Waals surface area contributed by atoms with E-state index in [0.717, 1.165) is 50.3 Å². The van der Waals surface area contributed by atoms with Gasteiger partial charge in [0.25, 0.3) is 0 Å². The minimum Gasteiger partial charge on any atom is -0.491 e. The second-order valence-corrected chi connectivity index (χ2v) is 8.11. The summed E-state index contributed by atoms with van der Waals surface area (Å²) in [7, 11) is 0. The monoisotopic (exact) mass is 417 g/mol. The van der Waals surface area contributed by atoms with Crippen LogP contribution in [0.25, 0.3) is 0 Å². The van der Waals surface area contributed by atoms with Crippen LogP contribution in [0.15, 0.2) is 73.1 Å². The third kappa shape index (κ3) is 6.37. The van der Waals surface area contributed by atoms with Gasteiger partial charge < -0.3 is 15.2 Å². The second kappa shape index (κ2) is 11.0. The van der Waals surface area contributed by atoms with Gasteiger partial charge in [-0.1, -0.05) is 42.5 Å². The molecule has 2 N–H and O–H groups in total. The summed E-state index contributed by atoms with van der Waals surface area (Å²) in [6.07, 6.45) is 5.14. The smallest absolute Gasteiger partial charge is 0.123 e. The van der Waals surface area contributed by atoms with E-state index in [0.29, 0.717) is 13.2 Å². The van der Waals surface area contributed by atoms with Crippen molar-refractivity contribution < 1.29 is 9.84 Å². The number of fused-ring (bicyclic) bond motifs is 1. The van der Waals surface area contributed by atoms with Crippen molar-refractivity contribution in [1.29, 1.82) is 0 Å². The topological polar surface area (TPSA) is 57.6 Å². The molecule has 162 valence electrons. The highest BCUT2D eigenvalue weighted by molar-refractivity contribution is 5.33. The number of benzene rings is 2.